The van der Waals surface area contributed by atoms with Crippen LogP contribution in [0.25, 0.3) is 0 Å². The third kappa shape index (κ3) is 3.32. The molecule has 0 aromatic heterocycles. The second-order valence-corrected chi connectivity index (χ2v) is 6.20. The molecule has 1 heteroatoms. The minimum Gasteiger partial charge on any atom is -0.295 e. The molecule has 1 atom stereocenters. The molecule has 2 rings (SSSR count). The van der Waals surface area contributed by atoms with Crippen molar-refractivity contribution in [2.75, 3.05) is 6.54 Å². The summed E-state index contributed by atoms with van der Waals surface area (Å²) in [5.74, 6) is 0. The van der Waals surface area contributed by atoms with Crippen LogP contribution < -0.4 is 0 Å². The summed E-state index contributed by atoms with van der Waals surface area (Å²) in [4.78, 5) is 2.70. The summed E-state index contributed by atoms with van der Waals surface area (Å²) >= 11 is 0. The smallest absolute Gasteiger partial charge is 0.0141 e. The molecule has 94 valence electrons. The molecule has 0 saturated carbocycles. The zero-order chi connectivity index (χ0) is 12.3. The molecule has 0 N–H and O–H groups in total. The average Bonchev–Trinajstić information content (AvgIpc) is 2.30. The Labute approximate surface area is 106 Å². The van der Waals surface area contributed by atoms with Crippen LogP contribution >= 0.6 is 0 Å². The van der Waals surface area contributed by atoms with Crippen molar-refractivity contribution in [3.05, 3.63) is 35.9 Å². The molecule has 1 unspecified atom stereocenters. The van der Waals surface area contributed by atoms with E-state index in [1.165, 1.54) is 37.8 Å². The molecule has 1 aromatic carbocycles. The van der Waals surface area contributed by atoms with E-state index >= 15 is 0 Å². The van der Waals surface area contributed by atoms with Crippen molar-refractivity contribution < 1.29 is 0 Å². The molecule has 1 heterocycles. The van der Waals surface area contributed by atoms with Crippen LogP contribution in [0.5, 0.6) is 0 Å². The zero-order valence-electron chi connectivity index (χ0n) is 11.4. The summed E-state index contributed by atoms with van der Waals surface area (Å²) in [6, 6.07) is 11.7. The van der Waals surface area contributed by atoms with Gasteiger partial charge in [-0.1, -0.05) is 36.8 Å². The lowest BCUT2D eigenvalue weighted by Gasteiger charge is -2.45. The summed E-state index contributed by atoms with van der Waals surface area (Å²) in [5, 5.41) is 0. The number of likely N-dealkylation sites (tertiary alicyclic amines) is 1. The van der Waals surface area contributed by atoms with Gasteiger partial charge < -0.3 is 0 Å². The van der Waals surface area contributed by atoms with Gasteiger partial charge in [-0.2, -0.15) is 0 Å². The third-order valence-corrected chi connectivity index (χ3v) is 3.80. The largest absolute Gasteiger partial charge is 0.295 e. The molecule has 1 nitrogen and oxygen atoms in total. The second-order valence-electron chi connectivity index (χ2n) is 6.20. The maximum Gasteiger partial charge on any atom is 0.0141 e. The Morgan fingerprint density at radius 1 is 1.12 bits per heavy atom. The summed E-state index contributed by atoms with van der Waals surface area (Å²) in [6.45, 7) is 8.30. The fraction of sp³-hybridized carbons (Fsp3) is 0.625. The molecule has 1 aliphatic rings. The first-order valence-electron chi connectivity index (χ1n) is 6.88. The van der Waals surface area contributed by atoms with E-state index < -0.39 is 0 Å². The van der Waals surface area contributed by atoms with E-state index in [-0.39, 0.29) is 0 Å². The SMILES string of the molecule is CC(C)(C)N1CCCCC1Cc1ccccc1. The van der Waals surface area contributed by atoms with E-state index in [1.807, 2.05) is 0 Å². The quantitative estimate of drug-likeness (QED) is 0.746. The predicted molar refractivity (Wildman–Crippen MR) is 74.2 cm³/mol. The highest BCUT2D eigenvalue weighted by Crippen LogP contribution is 2.27. The Kier molecular flexibility index (Phi) is 3.88. The van der Waals surface area contributed by atoms with E-state index in [1.54, 1.807) is 0 Å². The van der Waals surface area contributed by atoms with Crippen LogP contribution in [0.3, 0.4) is 0 Å². The summed E-state index contributed by atoms with van der Waals surface area (Å²) in [6.07, 6.45) is 5.32. The topological polar surface area (TPSA) is 3.24 Å². The van der Waals surface area contributed by atoms with Gasteiger partial charge in [0.25, 0.3) is 0 Å². The van der Waals surface area contributed by atoms with Crippen molar-refractivity contribution in [2.24, 2.45) is 0 Å². The van der Waals surface area contributed by atoms with E-state index in [9.17, 15) is 0 Å². The van der Waals surface area contributed by atoms with Crippen LogP contribution in [-0.2, 0) is 6.42 Å². The maximum atomic E-state index is 2.70. The molecular weight excluding hydrogens is 206 g/mol. The molecule has 1 saturated heterocycles. The lowest BCUT2D eigenvalue weighted by atomic mass is 9.91. The van der Waals surface area contributed by atoms with E-state index in [2.05, 4.69) is 56.0 Å². The molecule has 0 bridgehead atoms. The van der Waals surface area contributed by atoms with Crippen LogP contribution in [0, 0.1) is 0 Å². The molecule has 1 fully saturated rings. The highest BCUT2D eigenvalue weighted by molar-refractivity contribution is 5.16. The Bertz CT molecular complexity index is 336. The number of benzene rings is 1. The Morgan fingerprint density at radius 2 is 1.82 bits per heavy atom. The van der Waals surface area contributed by atoms with Crippen molar-refractivity contribution in [1.82, 2.24) is 4.90 Å². The van der Waals surface area contributed by atoms with Gasteiger partial charge in [0, 0.05) is 11.6 Å². The summed E-state index contributed by atoms with van der Waals surface area (Å²) in [5.41, 5.74) is 1.79. The first-order chi connectivity index (χ1) is 8.07. The van der Waals surface area contributed by atoms with Gasteiger partial charge in [0.15, 0.2) is 0 Å². The number of rotatable bonds is 2. The molecule has 0 spiro atoms. The zero-order valence-corrected chi connectivity index (χ0v) is 11.4. The Hall–Kier alpha value is -0.820. The second kappa shape index (κ2) is 5.22. The van der Waals surface area contributed by atoms with E-state index in [0.29, 0.717) is 5.54 Å². The molecular formula is C16H25N. The highest BCUT2D eigenvalue weighted by atomic mass is 15.2. The van der Waals surface area contributed by atoms with Crippen LogP contribution in [0.15, 0.2) is 30.3 Å². The van der Waals surface area contributed by atoms with Gasteiger partial charge in [-0.15, -0.1) is 0 Å². The van der Waals surface area contributed by atoms with Gasteiger partial charge in [-0.25, -0.2) is 0 Å². The number of piperidine rings is 1. The molecule has 0 aliphatic carbocycles. The predicted octanol–water partition coefficient (Wildman–Crippen LogP) is 3.88. The van der Waals surface area contributed by atoms with Crippen molar-refractivity contribution in [3.63, 3.8) is 0 Å². The lowest BCUT2D eigenvalue weighted by molar-refractivity contribution is 0.0517. The monoisotopic (exact) mass is 231 g/mol. The Morgan fingerprint density at radius 3 is 2.47 bits per heavy atom. The lowest BCUT2D eigenvalue weighted by Crippen LogP contribution is -2.51. The molecule has 1 aliphatic heterocycles. The average molecular weight is 231 g/mol. The van der Waals surface area contributed by atoms with Gasteiger partial charge >= 0.3 is 0 Å². The van der Waals surface area contributed by atoms with Gasteiger partial charge in [-0.05, 0) is 52.1 Å². The minimum absolute atomic E-state index is 0.305. The molecule has 1 aromatic rings. The number of hydrogen-bond acceptors (Lipinski definition) is 1. The summed E-state index contributed by atoms with van der Waals surface area (Å²) < 4.78 is 0. The van der Waals surface area contributed by atoms with Crippen LogP contribution in [0.4, 0.5) is 0 Å². The maximum absolute atomic E-state index is 2.70. The van der Waals surface area contributed by atoms with Gasteiger partial charge in [0.1, 0.15) is 0 Å². The number of hydrogen-bond donors (Lipinski definition) is 0. The van der Waals surface area contributed by atoms with Gasteiger partial charge in [0.05, 0.1) is 0 Å². The van der Waals surface area contributed by atoms with Crippen LogP contribution in [0.1, 0.15) is 45.6 Å². The van der Waals surface area contributed by atoms with Gasteiger partial charge in [0.2, 0.25) is 0 Å². The normalized spacial score (nSPS) is 22.6. The van der Waals surface area contributed by atoms with Crippen molar-refractivity contribution >= 4 is 0 Å². The standard InChI is InChI=1S/C16H25N/c1-16(2,3)17-12-8-7-11-15(17)13-14-9-5-4-6-10-14/h4-6,9-10,15H,7-8,11-13H2,1-3H3. The van der Waals surface area contributed by atoms with Crippen molar-refractivity contribution in [1.29, 1.82) is 0 Å². The van der Waals surface area contributed by atoms with Crippen LogP contribution in [-0.4, -0.2) is 23.0 Å². The van der Waals surface area contributed by atoms with E-state index in [0.717, 1.165) is 6.04 Å². The van der Waals surface area contributed by atoms with Crippen LogP contribution in [0.2, 0.25) is 0 Å². The fourth-order valence-corrected chi connectivity index (χ4v) is 2.98. The molecule has 17 heavy (non-hydrogen) atoms. The number of nitrogens with zero attached hydrogens (tertiary/aromatic N) is 1. The Balaban J connectivity index is 2.07. The van der Waals surface area contributed by atoms with Crippen molar-refractivity contribution in [3.8, 4) is 0 Å². The minimum atomic E-state index is 0.305. The fourth-order valence-electron chi connectivity index (χ4n) is 2.98. The van der Waals surface area contributed by atoms with Gasteiger partial charge in [-0.3, -0.25) is 4.90 Å². The first-order valence-corrected chi connectivity index (χ1v) is 6.88. The van der Waals surface area contributed by atoms with Crippen molar-refractivity contribution in [2.45, 2.75) is 58.0 Å². The highest BCUT2D eigenvalue weighted by Gasteiger charge is 2.30. The summed E-state index contributed by atoms with van der Waals surface area (Å²) in [7, 11) is 0. The van der Waals surface area contributed by atoms with E-state index in [4.69, 9.17) is 0 Å². The molecule has 0 amide bonds. The molecule has 0 radical (unpaired) electrons. The third-order valence-electron chi connectivity index (χ3n) is 3.80. The first kappa shape index (κ1) is 12.6.